The maximum Gasteiger partial charge on any atom is 0.435 e. The number of nitriles is 1. The third-order valence-electron chi connectivity index (χ3n) is 14.1. The molecule has 0 aliphatic heterocycles. The number of likely N-dealkylation sites (N-methyl/N-ethyl adjacent to an activating group) is 1. The van der Waals surface area contributed by atoms with E-state index in [0.717, 1.165) is 75.7 Å². The van der Waals surface area contributed by atoms with Crippen LogP contribution in [0.4, 0.5) is 39.5 Å². The van der Waals surface area contributed by atoms with Gasteiger partial charge in [-0.15, -0.1) is 0 Å². The first-order valence-corrected chi connectivity index (χ1v) is 27.7. The summed E-state index contributed by atoms with van der Waals surface area (Å²) in [5.41, 5.74) is -3.69. The zero-order valence-corrected chi connectivity index (χ0v) is 43.9. The lowest BCUT2D eigenvalue weighted by atomic mass is 9.55. The molecule has 0 amide bonds. The Morgan fingerprint density at radius 2 is 1.59 bits per heavy atom. The van der Waals surface area contributed by atoms with Gasteiger partial charge in [0, 0.05) is 48.2 Å². The molecule has 1 N–H and O–H groups in total. The molecule has 0 spiro atoms. The Hall–Kier alpha value is -1.27. The van der Waals surface area contributed by atoms with Gasteiger partial charge in [0.05, 0.1) is 51.6 Å². The lowest BCUT2D eigenvalue weighted by molar-refractivity contribution is -0.457. The van der Waals surface area contributed by atoms with Crippen molar-refractivity contribution in [1.29, 1.82) is 6.69 Å². The van der Waals surface area contributed by atoms with Crippen molar-refractivity contribution in [3.63, 3.8) is 0 Å². The van der Waals surface area contributed by atoms with Crippen LogP contribution in [0.25, 0.3) is 0 Å². The Morgan fingerprint density at radius 1 is 0.913 bits per heavy atom. The fraction of sp³-hybridized carbons (Fsp3) is 0.854. The van der Waals surface area contributed by atoms with Crippen LogP contribution in [0.5, 0.6) is 5.75 Å². The minimum atomic E-state index is -6.75. The Morgan fingerprint density at radius 3 is 2.23 bits per heavy atom. The molecule has 0 saturated heterocycles. The average molecular weight is 1060 g/mol. The number of aryl methyl sites for hydroxylation is 1. The summed E-state index contributed by atoms with van der Waals surface area (Å²) in [5.74, 6) is 3.23. The first-order valence-electron chi connectivity index (χ1n) is 24.6. The van der Waals surface area contributed by atoms with Crippen LogP contribution in [0.15, 0.2) is 18.2 Å². The second-order valence-electron chi connectivity index (χ2n) is 20.2. The van der Waals surface area contributed by atoms with Gasteiger partial charge in [-0.05, 0) is 153 Å². The van der Waals surface area contributed by atoms with Crippen molar-refractivity contribution in [2.45, 2.75) is 172 Å². The maximum absolute atomic E-state index is 13.2. The first-order chi connectivity index (χ1) is 32.7. The van der Waals surface area contributed by atoms with E-state index in [1.54, 1.807) is 0 Å². The minimum absolute atomic E-state index is 0.00154. The number of halogens is 9. The summed E-state index contributed by atoms with van der Waals surface area (Å²) in [5, 5.41) is 13.8. The number of aliphatic hydroxyl groups excluding tert-OH is 1. The van der Waals surface area contributed by atoms with E-state index < -0.39 is 45.8 Å². The van der Waals surface area contributed by atoms with E-state index >= 15 is 0 Å². The molecule has 398 valence electrons. The number of hydrogen-bond donors (Lipinski definition) is 1. The molecule has 1 aromatic carbocycles. The number of nitrogens with zero attached hydrogens (tertiary/aromatic N) is 3. The number of unbranched alkanes of at least 4 members (excludes halogenated alkanes) is 1. The highest BCUT2D eigenvalue weighted by atomic mass is 33.1. The van der Waals surface area contributed by atoms with Crippen LogP contribution in [0.1, 0.15) is 130 Å². The third-order valence-corrected chi connectivity index (χ3v) is 19.6. The zero-order chi connectivity index (χ0) is 52.1. The van der Waals surface area contributed by atoms with Gasteiger partial charge in [0.2, 0.25) is 1.43 Å². The lowest BCUT2D eigenvalue weighted by Crippen LogP contribution is -2.68. The average Bonchev–Trinajstić information content (AvgIpc) is 3.59. The predicted octanol–water partition coefficient (Wildman–Crippen LogP) is 13.3. The smallest absolute Gasteiger partial charge is 0.435 e. The summed E-state index contributed by atoms with van der Waals surface area (Å²) < 4.78 is 157. The van der Waals surface area contributed by atoms with Crippen molar-refractivity contribution < 1.29 is 67.9 Å². The fourth-order valence-electron chi connectivity index (χ4n) is 10.4. The molecular weight excluding hydrogens is 981 g/mol. The fourth-order valence-corrected chi connectivity index (χ4v) is 14.8. The van der Waals surface area contributed by atoms with Crippen LogP contribution >= 0.6 is 30.1 Å². The quantitative estimate of drug-likeness (QED) is 0.0345. The zero-order valence-electron chi connectivity index (χ0n) is 42.4. The summed E-state index contributed by atoms with van der Waals surface area (Å²) in [4.78, 5) is 1.30. The largest absolute Gasteiger partial charge is 0.494 e. The van der Waals surface area contributed by atoms with Gasteiger partial charge in [-0.3, -0.25) is 0 Å². The van der Waals surface area contributed by atoms with Crippen LogP contribution in [0, 0.1) is 34.5 Å². The molecule has 1 aromatic rings. The summed E-state index contributed by atoms with van der Waals surface area (Å²) >= 11 is 0. The maximum atomic E-state index is 13.2. The lowest BCUT2D eigenvalue weighted by Gasteiger charge is -2.50. The Labute approximate surface area is 414 Å². The van der Waals surface area contributed by atoms with E-state index in [4.69, 9.17) is 30.3 Å². The molecule has 2 saturated carbocycles. The third kappa shape index (κ3) is 15.9. The topological polar surface area (TPSA) is 96.6 Å². The molecule has 3 aliphatic rings. The normalized spacial score (nSPS) is 23.5. The van der Waals surface area contributed by atoms with E-state index in [-0.39, 0.29) is 54.0 Å². The number of aliphatic hydroxyl groups is 1. The van der Waals surface area contributed by atoms with Gasteiger partial charge in [0.1, 0.15) is 5.75 Å². The van der Waals surface area contributed by atoms with Crippen molar-refractivity contribution >= 4 is 30.1 Å². The Kier molecular flexibility index (Phi) is 22.3. The summed E-state index contributed by atoms with van der Waals surface area (Å²) in [6.45, 7) is 14.9. The monoisotopic (exact) mass is 1060 g/mol. The van der Waals surface area contributed by atoms with Crippen molar-refractivity contribution in [2.24, 2.45) is 23.2 Å². The van der Waals surface area contributed by atoms with Gasteiger partial charge >= 0.3 is 24.1 Å². The number of fused-ring (bicyclic) bond motifs is 5. The Balaban J connectivity index is 1.17. The number of rotatable bonds is 30. The van der Waals surface area contributed by atoms with Gasteiger partial charge in [-0.1, -0.05) is 41.0 Å². The van der Waals surface area contributed by atoms with Gasteiger partial charge in [0.25, 0.3) is 8.53 Å². The molecule has 0 heterocycles. The van der Waals surface area contributed by atoms with Gasteiger partial charge < -0.3 is 33.3 Å². The summed E-state index contributed by atoms with van der Waals surface area (Å²) in [7, 11) is 3.77. The molecule has 5 unspecified atom stereocenters. The molecule has 7 atom stereocenters. The number of ether oxygens (including phenoxy) is 3. The van der Waals surface area contributed by atoms with E-state index in [9.17, 15) is 39.5 Å². The molecule has 0 bridgehead atoms. The van der Waals surface area contributed by atoms with Gasteiger partial charge in [-0.2, -0.15) is 44.8 Å². The van der Waals surface area contributed by atoms with Crippen molar-refractivity contribution in [1.82, 2.24) is 9.57 Å². The van der Waals surface area contributed by atoms with E-state index in [0.29, 0.717) is 44.0 Å². The van der Waals surface area contributed by atoms with Crippen LogP contribution in [-0.4, -0.2) is 129 Å². The second kappa shape index (κ2) is 26.3. The highest BCUT2D eigenvalue weighted by Crippen LogP contribution is 2.62. The molecule has 2 fully saturated rings. The van der Waals surface area contributed by atoms with E-state index in [1.807, 2.05) is 21.6 Å². The molecule has 0 radical (unpaired) electrons. The number of hydrogen-bond acceptors (Lipinski definition) is 11. The van der Waals surface area contributed by atoms with Gasteiger partial charge in [0.15, 0.2) is 0 Å². The highest BCUT2D eigenvalue weighted by molar-refractivity contribution is 8.77. The molecule has 69 heavy (non-hydrogen) atoms. The molecule has 0 aromatic heterocycles. The van der Waals surface area contributed by atoms with Crippen LogP contribution in [-0.2, 0) is 24.9 Å². The SMILES string of the molecule is [2H]OCC(CCCCSSC(C)(C)CCOc1ccc2c(c1)CCC1C2CC[C@@]2(C)C1CC[C@@H]2OCCN(C)CCOC(C(F)(F)F)(C(F)(F)F)C(F)(F)F)COP(OCCC#N)N(C(C)C)C(C)C. The van der Waals surface area contributed by atoms with E-state index in [2.05, 4.69) is 82.1 Å². The summed E-state index contributed by atoms with van der Waals surface area (Å²) in [6, 6.07) is 9.05. The number of alkyl halides is 9. The molecule has 9 nitrogen and oxygen atoms in total. The first kappa shape index (κ1) is 58.6. The molecule has 21 heteroatoms. The molecular formula is C48H75F9N3O6PS2. The van der Waals surface area contributed by atoms with Crippen LogP contribution < -0.4 is 4.74 Å². The molecule has 4 rings (SSSR count). The second-order valence-corrected chi connectivity index (χ2v) is 24.8. The standard InChI is InChI=1S/C48H75F9N3O6PS2/c1-33(2)60(34(3)4)67(65-25-11-22-58)66-32-35(31-61)12-9-10-29-68-69-43(5,6)21-26-62-37-14-16-38-36(30-37)13-15-40-39(38)19-20-44(7)41(40)17-18-42(44)63-27-23-59(8)24-28-64-45(46(49,50)51,47(52,53)54)48(55,56)57/h14,16,30,33-35,39-42,61H,9-13,15,17-21,23-29,31-32H2,1-8H3/t35?,39?,40?,41?,42-,44-,67?/m0/s1/i61D. The minimum Gasteiger partial charge on any atom is -0.494 e. The van der Waals surface area contributed by atoms with Crippen LogP contribution in [0.2, 0.25) is 0 Å². The highest BCUT2D eigenvalue weighted by Gasteiger charge is 2.85. The van der Waals surface area contributed by atoms with Crippen molar-refractivity contribution in [3.05, 3.63) is 29.3 Å². The summed E-state index contributed by atoms with van der Waals surface area (Å²) in [6.07, 6.45) is -10.6. The molecule has 3 aliphatic carbocycles. The number of benzene rings is 1. The van der Waals surface area contributed by atoms with Crippen LogP contribution in [0.3, 0.4) is 0 Å². The predicted molar refractivity (Wildman–Crippen MR) is 255 cm³/mol. The van der Waals surface area contributed by atoms with Crippen molar-refractivity contribution in [2.75, 3.05) is 65.5 Å². The van der Waals surface area contributed by atoms with Gasteiger partial charge in [-0.25, -0.2) is 4.67 Å². The Bertz CT molecular complexity index is 1740. The van der Waals surface area contributed by atoms with E-state index in [1.165, 1.54) is 23.1 Å². The van der Waals surface area contributed by atoms with Crippen molar-refractivity contribution in [3.8, 4) is 11.8 Å².